The van der Waals surface area contributed by atoms with Gasteiger partial charge in [0.2, 0.25) is 5.91 Å². The van der Waals surface area contributed by atoms with Gasteiger partial charge in [0.25, 0.3) is 0 Å². The molecule has 128 valence electrons. The van der Waals surface area contributed by atoms with Crippen molar-refractivity contribution in [2.45, 2.75) is 19.8 Å². The number of aldehydes is 1. The van der Waals surface area contributed by atoms with Crippen molar-refractivity contribution in [3.63, 3.8) is 0 Å². The van der Waals surface area contributed by atoms with Gasteiger partial charge in [-0.2, -0.15) is 0 Å². The summed E-state index contributed by atoms with van der Waals surface area (Å²) in [7, 11) is 0. The van der Waals surface area contributed by atoms with Gasteiger partial charge in [0.1, 0.15) is 12.0 Å². The van der Waals surface area contributed by atoms with Crippen LogP contribution in [-0.2, 0) is 16.0 Å². The number of carbonyl (C=O) groups excluding carboxylic acids is 3. The number of amides is 1. The summed E-state index contributed by atoms with van der Waals surface area (Å²) in [5.41, 5.74) is 2.51. The summed E-state index contributed by atoms with van der Waals surface area (Å²) in [6, 6.07) is 14.1. The van der Waals surface area contributed by atoms with Gasteiger partial charge < -0.3 is 9.64 Å². The van der Waals surface area contributed by atoms with Crippen LogP contribution in [0.25, 0.3) is 0 Å². The molecule has 2 aromatic carbocycles. The number of carbonyl (C=O) groups is 3. The van der Waals surface area contributed by atoms with Crippen LogP contribution in [-0.4, -0.2) is 24.7 Å². The van der Waals surface area contributed by atoms with E-state index >= 15 is 0 Å². The molecule has 0 spiro atoms. The lowest BCUT2D eigenvalue weighted by Crippen LogP contribution is -2.27. The van der Waals surface area contributed by atoms with E-state index in [1.807, 2.05) is 24.3 Å². The molecule has 1 aliphatic rings. The number of benzene rings is 2. The first-order chi connectivity index (χ1) is 12.1. The van der Waals surface area contributed by atoms with Crippen molar-refractivity contribution in [2.75, 3.05) is 11.4 Å². The van der Waals surface area contributed by atoms with E-state index in [1.54, 1.807) is 29.2 Å². The second-order valence-corrected chi connectivity index (χ2v) is 6.03. The van der Waals surface area contributed by atoms with E-state index in [2.05, 4.69) is 6.92 Å². The van der Waals surface area contributed by atoms with Gasteiger partial charge in [-0.1, -0.05) is 19.1 Å². The zero-order valence-electron chi connectivity index (χ0n) is 14.0. The molecule has 1 fully saturated rings. The maximum Gasteiger partial charge on any atom is 0.316 e. The Morgan fingerprint density at radius 3 is 2.44 bits per heavy atom. The molecule has 1 heterocycles. The van der Waals surface area contributed by atoms with Gasteiger partial charge in [0.05, 0.1) is 5.92 Å². The molecule has 1 aliphatic heterocycles. The first kappa shape index (κ1) is 16.9. The zero-order chi connectivity index (χ0) is 17.8. The molecule has 5 nitrogen and oxygen atoms in total. The second-order valence-electron chi connectivity index (χ2n) is 6.03. The molecule has 0 radical (unpaired) electrons. The van der Waals surface area contributed by atoms with E-state index in [-0.39, 0.29) is 12.3 Å². The Bertz CT molecular complexity index is 780. The third-order valence-electron chi connectivity index (χ3n) is 4.35. The topological polar surface area (TPSA) is 63.7 Å². The highest BCUT2D eigenvalue weighted by Gasteiger charge is 2.36. The van der Waals surface area contributed by atoms with Crippen LogP contribution in [0, 0.1) is 5.92 Å². The second kappa shape index (κ2) is 7.30. The van der Waals surface area contributed by atoms with Gasteiger partial charge >= 0.3 is 5.97 Å². The summed E-state index contributed by atoms with van der Waals surface area (Å²) >= 11 is 0. The van der Waals surface area contributed by atoms with Crippen LogP contribution in [0.15, 0.2) is 48.5 Å². The van der Waals surface area contributed by atoms with E-state index in [4.69, 9.17) is 4.74 Å². The zero-order valence-corrected chi connectivity index (χ0v) is 14.0. The van der Waals surface area contributed by atoms with E-state index < -0.39 is 11.9 Å². The number of rotatable bonds is 5. The number of hydrogen-bond acceptors (Lipinski definition) is 4. The molecule has 0 N–H and O–H groups in total. The average molecular weight is 337 g/mol. The predicted molar refractivity (Wildman–Crippen MR) is 93.7 cm³/mol. The van der Waals surface area contributed by atoms with Crippen molar-refractivity contribution in [1.82, 2.24) is 0 Å². The maximum atomic E-state index is 12.3. The third-order valence-corrected chi connectivity index (χ3v) is 4.35. The molecular formula is C20H19NO4. The first-order valence-electron chi connectivity index (χ1n) is 8.27. The normalized spacial score (nSPS) is 16.8. The lowest BCUT2D eigenvalue weighted by molar-refractivity contribution is -0.139. The number of esters is 1. The average Bonchev–Trinajstić information content (AvgIpc) is 3.04. The Kier molecular flexibility index (Phi) is 4.93. The molecule has 25 heavy (non-hydrogen) atoms. The van der Waals surface area contributed by atoms with Crippen LogP contribution in [0.3, 0.4) is 0 Å². The molecule has 0 saturated carbocycles. The lowest BCUT2D eigenvalue weighted by Gasteiger charge is -2.17. The van der Waals surface area contributed by atoms with Gasteiger partial charge in [0.15, 0.2) is 0 Å². The number of aryl methyl sites for hydroxylation is 1. The fourth-order valence-electron chi connectivity index (χ4n) is 2.84. The largest absolute Gasteiger partial charge is 0.426 e. The molecule has 0 aromatic heterocycles. The molecule has 1 atom stereocenters. The van der Waals surface area contributed by atoms with Crippen molar-refractivity contribution in [2.24, 2.45) is 5.92 Å². The predicted octanol–water partition coefficient (Wildman–Crippen LogP) is 3.02. The van der Waals surface area contributed by atoms with E-state index in [0.29, 0.717) is 17.9 Å². The Labute approximate surface area is 146 Å². The summed E-state index contributed by atoms with van der Waals surface area (Å²) in [6.45, 7) is 2.39. The quantitative estimate of drug-likeness (QED) is 0.478. The number of anilines is 1. The maximum absolute atomic E-state index is 12.3. The molecule has 1 saturated heterocycles. The smallest absolute Gasteiger partial charge is 0.316 e. The van der Waals surface area contributed by atoms with Crippen LogP contribution in [0.1, 0.15) is 29.3 Å². The number of hydrogen-bond donors (Lipinski definition) is 0. The summed E-state index contributed by atoms with van der Waals surface area (Å²) in [6.07, 6.45) is 1.80. The molecule has 0 aliphatic carbocycles. The van der Waals surface area contributed by atoms with Gasteiger partial charge in [0, 0.05) is 24.2 Å². The van der Waals surface area contributed by atoms with E-state index in [1.165, 1.54) is 5.56 Å². The Morgan fingerprint density at radius 1 is 1.16 bits per heavy atom. The highest BCUT2D eigenvalue weighted by atomic mass is 16.5. The molecule has 5 heteroatoms. The van der Waals surface area contributed by atoms with Gasteiger partial charge in [-0.3, -0.25) is 14.4 Å². The minimum absolute atomic E-state index is 0.0810. The van der Waals surface area contributed by atoms with Crippen molar-refractivity contribution in [3.8, 4) is 5.75 Å². The number of ether oxygens (including phenoxy) is 1. The summed E-state index contributed by atoms with van der Waals surface area (Å²) in [5.74, 6) is -0.639. The SMILES string of the molecule is CCc1ccc(N2C[C@H](C(=O)Oc3ccc(C=O)cc3)CC2=O)cc1. The molecule has 0 bridgehead atoms. The van der Waals surface area contributed by atoms with Gasteiger partial charge in [-0.15, -0.1) is 0 Å². The molecule has 2 aromatic rings. The molecule has 1 amide bonds. The summed E-state index contributed by atoms with van der Waals surface area (Å²) in [5, 5.41) is 0. The Balaban J connectivity index is 1.66. The first-order valence-corrected chi connectivity index (χ1v) is 8.27. The summed E-state index contributed by atoms with van der Waals surface area (Å²) in [4.78, 5) is 36.9. The molecular weight excluding hydrogens is 318 g/mol. The molecule has 0 unspecified atom stereocenters. The fraction of sp³-hybridized carbons (Fsp3) is 0.250. The monoisotopic (exact) mass is 337 g/mol. The van der Waals surface area contributed by atoms with Crippen LogP contribution in [0.2, 0.25) is 0 Å². The lowest BCUT2D eigenvalue weighted by atomic mass is 10.1. The third kappa shape index (κ3) is 3.76. The van der Waals surface area contributed by atoms with Crippen molar-refractivity contribution >= 4 is 23.9 Å². The van der Waals surface area contributed by atoms with Crippen LogP contribution < -0.4 is 9.64 Å². The number of nitrogens with zero attached hydrogens (tertiary/aromatic N) is 1. The standard InChI is InChI=1S/C20H19NO4/c1-2-14-3-7-17(8-4-14)21-12-16(11-19(21)23)20(24)25-18-9-5-15(13-22)6-10-18/h3-10,13,16H,2,11-12H2,1H3/t16-/m1/s1. The summed E-state index contributed by atoms with van der Waals surface area (Å²) < 4.78 is 5.33. The van der Waals surface area contributed by atoms with Crippen LogP contribution >= 0.6 is 0 Å². The van der Waals surface area contributed by atoms with E-state index in [9.17, 15) is 14.4 Å². The highest BCUT2D eigenvalue weighted by molar-refractivity contribution is 5.99. The van der Waals surface area contributed by atoms with Crippen LogP contribution in [0.4, 0.5) is 5.69 Å². The van der Waals surface area contributed by atoms with Crippen molar-refractivity contribution in [1.29, 1.82) is 0 Å². The van der Waals surface area contributed by atoms with Gasteiger partial charge in [-0.25, -0.2) is 0 Å². The fourth-order valence-corrected chi connectivity index (χ4v) is 2.84. The Morgan fingerprint density at radius 2 is 1.84 bits per heavy atom. The van der Waals surface area contributed by atoms with Gasteiger partial charge in [-0.05, 0) is 48.4 Å². The minimum atomic E-state index is -0.496. The minimum Gasteiger partial charge on any atom is -0.426 e. The van der Waals surface area contributed by atoms with E-state index in [0.717, 1.165) is 18.4 Å². The van der Waals surface area contributed by atoms with Crippen LogP contribution in [0.5, 0.6) is 5.75 Å². The highest BCUT2D eigenvalue weighted by Crippen LogP contribution is 2.27. The van der Waals surface area contributed by atoms with Crippen molar-refractivity contribution in [3.05, 3.63) is 59.7 Å². The Hall–Kier alpha value is -2.95. The molecule has 3 rings (SSSR count). The van der Waals surface area contributed by atoms with Crippen molar-refractivity contribution < 1.29 is 19.1 Å².